The molecule has 0 amide bonds. The molecular formula is C6H9LiO2. The zero-order valence-corrected chi connectivity index (χ0v) is 5.72. The first-order chi connectivity index (χ1) is 3.77. The van der Waals surface area contributed by atoms with E-state index in [1.165, 1.54) is 0 Å². The van der Waals surface area contributed by atoms with Gasteiger partial charge in [0.05, 0.1) is 0 Å². The van der Waals surface area contributed by atoms with Crippen molar-refractivity contribution in [3.05, 3.63) is 12.7 Å². The van der Waals surface area contributed by atoms with E-state index in [0.29, 0.717) is 6.42 Å². The van der Waals surface area contributed by atoms with Gasteiger partial charge in [0, 0.05) is 5.97 Å². The quantitative estimate of drug-likeness (QED) is 0.227. The molecule has 0 atom stereocenters. The Hall–Kier alpha value is -0.193. The van der Waals surface area contributed by atoms with E-state index in [9.17, 15) is 9.90 Å². The molecule has 3 heteroatoms. The number of hydrogen-bond donors (Lipinski definition) is 0. The van der Waals surface area contributed by atoms with Crippen molar-refractivity contribution in [2.24, 2.45) is 0 Å². The van der Waals surface area contributed by atoms with Crippen LogP contribution in [0.15, 0.2) is 12.7 Å². The standard InChI is InChI=1S/C6H10O2.Li/c1-2-3-4-5-6(7)8;/h2H,1,3-5H2,(H,7,8);/q;+1/p-1. The summed E-state index contributed by atoms with van der Waals surface area (Å²) in [5.74, 6) is -0.980. The van der Waals surface area contributed by atoms with E-state index >= 15 is 0 Å². The van der Waals surface area contributed by atoms with Crippen molar-refractivity contribution in [2.45, 2.75) is 19.3 Å². The van der Waals surface area contributed by atoms with Crippen LogP contribution in [0.1, 0.15) is 19.3 Å². The summed E-state index contributed by atoms with van der Waals surface area (Å²) in [5.41, 5.74) is 0. The average molecular weight is 120 g/mol. The SMILES string of the molecule is C=CCCCC(=O)[O-].[Li+]. The van der Waals surface area contributed by atoms with Crippen LogP contribution in [0.4, 0.5) is 0 Å². The molecule has 46 valence electrons. The smallest absolute Gasteiger partial charge is 0.550 e. The summed E-state index contributed by atoms with van der Waals surface area (Å²) in [7, 11) is 0. The zero-order chi connectivity index (χ0) is 6.41. The van der Waals surface area contributed by atoms with E-state index in [1.807, 2.05) is 0 Å². The zero-order valence-electron chi connectivity index (χ0n) is 5.72. The summed E-state index contributed by atoms with van der Waals surface area (Å²) in [6.07, 6.45) is 3.24. The molecule has 0 bridgehead atoms. The maximum atomic E-state index is 9.73. The molecule has 0 heterocycles. The van der Waals surface area contributed by atoms with Gasteiger partial charge in [-0.25, -0.2) is 0 Å². The number of aliphatic carboxylic acids is 1. The minimum atomic E-state index is -0.980. The Bertz CT molecular complexity index is 91.1. The van der Waals surface area contributed by atoms with Crippen LogP contribution in [0, 0.1) is 0 Å². The Morgan fingerprint density at radius 2 is 2.22 bits per heavy atom. The number of hydrogen-bond acceptors (Lipinski definition) is 2. The molecule has 0 aliphatic carbocycles. The second-order valence-electron chi connectivity index (χ2n) is 1.55. The molecule has 0 unspecified atom stereocenters. The average Bonchev–Trinajstić information content (AvgIpc) is 1.66. The van der Waals surface area contributed by atoms with Gasteiger partial charge in [-0.2, -0.15) is 0 Å². The summed E-state index contributed by atoms with van der Waals surface area (Å²) < 4.78 is 0. The minimum Gasteiger partial charge on any atom is -0.550 e. The third-order valence-corrected chi connectivity index (χ3v) is 0.789. The molecule has 0 N–H and O–H groups in total. The number of carbonyl (C=O) groups excluding carboxylic acids is 1. The molecule has 0 saturated carbocycles. The first-order valence-corrected chi connectivity index (χ1v) is 2.58. The van der Waals surface area contributed by atoms with Gasteiger partial charge in [-0.1, -0.05) is 6.08 Å². The van der Waals surface area contributed by atoms with E-state index in [-0.39, 0.29) is 25.3 Å². The Labute approximate surface area is 67.1 Å². The van der Waals surface area contributed by atoms with E-state index in [2.05, 4.69) is 6.58 Å². The molecule has 0 spiro atoms. The van der Waals surface area contributed by atoms with Crippen LogP contribution in [0.3, 0.4) is 0 Å². The molecule has 0 aliphatic heterocycles. The molecule has 0 aliphatic rings. The van der Waals surface area contributed by atoms with Gasteiger partial charge in [-0.05, 0) is 19.3 Å². The molecular weight excluding hydrogens is 111 g/mol. The Morgan fingerprint density at radius 1 is 1.67 bits per heavy atom. The summed E-state index contributed by atoms with van der Waals surface area (Å²) in [5, 5.41) is 9.73. The van der Waals surface area contributed by atoms with Crippen LogP contribution < -0.4 is 24.0 Å². The van der Waals surface area contributed by atoms with Crippen LogP contribution in [-0.2, 0) is 4.79 Å². The summed E-state index contributed by atoms with van der Waals surface area (Å²) in [6.45, 7) is 3.44. The van der Waals surface area contributed by atoms with Gasteiger partial charge >= 0.3 is 18.9 Å². The van der Waals surface area contributed by atoms with Crippen molar-refractivity contribution in [1.29, 1.82) is 0 Å². The first-order valence-electron chi connectivity index (χ1n) is 2.58. The van der Waals surface area contributed by atoms with Crippen LogP contribution in [-0.4, -0.2) is 5.97 Å². The molecule has 0 aromatic rings. The Kier molecular flexibility index (Phi) is 10.0. The molecule has 9 heavy (non-hydrogen) atoms. The van der Waals surface area contributed by atoms with Gasteiger partial charge in [-0.3, -0.25) is 0 Å². The molecule has 0 rings (SSSR count). The fourth-order valence-corrected chi connectivity index (χ4v) is 0.391. The topological polar surface area (TPSA) is 40.1 Å². The number of unbranched alkanes of at least 4 members (excludes halogenated alkanes) is 1. The largest absolute Gasteiger partial charge is 1.00 e. The predicted molar refractivity (Wildman–Crippen MR) is 29.1 cm³/mol. The van der Waals surface area contributed by atoms with Crippen LogP contribution in [0.5, 0.6) is 0 Å². The third-order valence-electron chi connectivity index (χ3n) is 0.789. The van der Waals surface area contributed by atoms with Gasteiger partial charge in [0.1, 0.15) is 0 Å². The van der Waals surface area contributed by atoms with E-state index < -0.39 is 5.97 Å². The molecule has 0 radical (unpaired) electrons. The van der Waals surface area contributed by atoms with Gasteiger partial charge in [-0.15, -0.1) is 6.58 Å². The van der Waals surface area contributed by atoms with E-state index in [0.717, 1.165) is 6.42 Å². The minimum absolute atomic E-state index is 0. The first kappa shape index (κ1) is 11.6. The number of allylic oxidation sites excluding steroid dienone is 1. The summed E-state index contributed by atoms with van der Waals surface area (Å²) in [6, 6.07) is 0. The van der Waals surface area contributed by atoms with E-state index in [1.54, 1.807) is 6.08 Å². The number of rotatable bonds is 4. The normalized spacial score (nSPS) is 7.56. The van der Waals surface area contributed by atoms with Crippen LogP contribution in [0.2, 0.25) is 0 Å². The maximum absolute atomic E-state index is 9.73. The van der Waals surface area contributed by atoms with Gasteiger partial charge < -0.3 is 9.90 Å². The van der Waals surface area contributed by atoms with Crippen molar-refractivity contribution in [3.8, 4) is 0 Å². The van der Waals surface area contributed by atoms with Crippen LogP contribution >= 0.6 is 0 Å². The van der Waals surface area contributed by atoms with Gasteiger partial charge in [0.2, 0.25) is 0 Å². The third kappa shape index (κ3) is 11.4. The Balaban J connectivity index is 0. The van der Waals surface area contributed by atoms with Crippen LogP contribution in [0.25, 0.3) is 0 Å². The molecule has 0 fully saturated rings. The van der Waals surface area contributed by atoms with E-state index in [4.69, 9.17) is 0 Å². The van der Waals surface area contributed by atoms with Crippen molar-refractivity contribution in [2.75, 3.05) is 0 Å². The number of carboxylic acid groups (broad SMARTS) is 1. The second kappa shape index (κ2) is 7.81. The fourth-order valence-electron chi connectivity index (χ4n) is 0.391. The number of carboxylic acids is 1. The van der Waals surface area contributed by atoms with Crippen molar-refractivity contribution in [3.63, 3.8) is 0 Å². The molecule has 0 aromatic heterocycles. The molecule has 0 saturated heterocycles. The van der Waals surface area contributed by atoms with Gasteiger partial charge in [0.15, 0.2) is 0 Å². The molecule has 0 aromatic carbocycles. The predicted octanol–water partition coefficient (Wildman–Crippen LogP) is -2.90. The fraction of sp³-hybridized carbons (Fsp3) is 0.500. The summed E-state index contributed by atoms with van der Waals surface area (Å²) in [4.78, 5) is 9.73. The van der Waals surface area contributed by atoms with Crippen molar-refractivity contribution >= 4 is 5.97 Å². The second-order valence-corrected chi connectivity index (χ2v) is 1.55. The Morgan fingerprint density at radius 3 is 2.56 bits per heavy atom. The summed E-state index contributed by atoms with van der Waals surface area (Å²) >= 11 is 0. The van der Waals surface area contributed by atoms with Crippen molar-refractivity contribution < 1.29 is 28.8 Å². The monoisotopic (exact) mass is 120 g/mol. The number of carbonyl (C=O) groups is 1. The van der Waals surface area contributed by atoms with Gasteiger partial charge in [0.25, 0.3) is 0 Å². The van der Waals surface area contributed by atoms with Crippen molar-refractivity contribution in [1.82, 2.24) is 0 Å². The molecule has 2 nitrogen and oxygen atoms in total. The maximum Gasteiger partial charge on any atom is 1.00 e.